The molecule has 1 aliphatic carbocycles. The zero-order valence-corrected chi connectivity index (χ0v) is 24.4. The average Bonchev–Trinajstić information content (AvgIpc) is 2.92. The zero-order chi connectivity index (χ0) is 31.7. The Kier molecular flexibility index (Phi) is 12.1. The fourth-order valence-electron chi connectivity index (χ4n) is 4.11. The Morgan fingerprint density at radius 1 is 1.17 bits per heavy atom. The summed E-state index contributed by atoms with van der Waals surface area (Å²) in [5.74, 6) is -1.33. The van der Waals surface area contributed by atoms with Gasteiger partial charge in [-0.2, -0.15) is 13.2 Å². The molecule has 42 heavy (non-hydrogen) atoms. The van der Waals surface area contributed by atoms with Gasteiger partial charge in [-0.25, -0.2) is 4.79 Å². The number of nitrogens with one attached hydrogen (secondary N) is 2. The molecule has 0 aromatic heterocycles. The molecule has 2 aromatic carbocycles. The number of rotatable bonds is 7. The largest absolute Gasteiger partial charge is 0.400 e. The Morgan fingerprint density at radius 2 is 1.81 bits per heavy atom. The third-order valence-electron chi connectivity index (χ3n) is 6.40. The second-order valence-electron chi connectivity index (χ2n) is 9.50. The first-order valence-electron chi connectivity index (χ1n) is 13.3. The third kappa shape index (κ3) is 9.59. The number of nitrogens with two attached hydrogens (primary N) is 2. The average molecular weight is 609 g/mol. The monoisotopic (exact) mass is 608 g/mol. The first kappa shape index (κ1) is 34.3. The van der Waals surface area contributed by atoms with Gasteiger partial charge in [-0.1, -0.05) is 61.3 Å². The van der Waals surface area contributed by atoms with Crippen LogP contribution in [0.3, 0.4) is 0 Å². The number of nitrogens with zero attached hydrogens (tertiary/aromatic N) is 2. The van der Waals surface area contributed by atoms with Crippen molar-refractivity contribution in [2.24, 2.45) is 16.5 Å². The highest BCUT2D eigenvalue weighted by Gasteiger charge is 2.40. The molecule has 0 aliphatic heterocycles. The van der Waals surface area contributed by atoms with Gasteiger partial charge in [0.05, 0.1) is 18.7 Å². The first-order valence-corrected chi connectivity index (χ1v) is 13.7. The number of halogens is 4. The predicted octanol–water partition coefficient (Wildman–Crippen LogP) is 5.35. The summed E-state index contributed by atoms with van der Waals surface area (Å²) in [6.45, 7) is 4.75. The number of aliphatic hydroxyl groups is 1. The number of alkyl halides is 3. The lowest BCUT2D eigenvalue weighted by atomic mass is 9.79. The van der Waals surface area contributed by atoms with Gasteiger partial charge < -0.3 is 21.9 Å². The van der Waals surface area contributed by atoms with Crippen LogP contribution in [0.2, 0.25) is 5.02 Å². The highest BCUT2D eigenvalue weighted by molar-refractivity contribution is 6.30. The summed E-state index contributed by atoms with van der Waals surface area (Å²) in [4.78, 5) is 30.1. The normalized spacial score (nSPS) is 18.9. The van der Waals surface area contributed by atoms with E-state index in [1.165, 1.54) is 0 Å². The molecule has 0 heterocycles. The smallest absolute Gasteiger partial charge is 0.390 e. The second-order valence-corrected chi connectivity index (χ2v) is 9.94. The van der Waals surface area contributed by atoms with Crippen LogP contribution in [0.15, 0.2) is 64.8 Å². The Bertz CT molecular complexity index is 1340. The van der Waals surface area contributed by atoms with Crippen molar-refractivity contribution < 1.29 is 27.9 Å². The lowest BCUT2D eigenvalue weighted by Crippen LogP contribution is -2.49. The molecule has 0 saturated heterocycles. The van der Waals surface area contributed by atoms with Crippen molar-refractivity contribution in [1.29, 1.82) is 5.41 Å². The molecule has 1 atom stereocenters. The number of urea groups is 1. The maximum atomic E-state index is 13.0. The predicted molar refractivity (Wildman–Crippen MR) is 158 cm³/mol. The van der Waals surface area contributed by atoms with Gasteiger partial charge in [-0.3, -0.25) is 20.1 Å². The zero-order valence-electron chi connectivity index (χ0n) is 23.7. The van der Waals surface area contributed by atoms with E-state index in [0.29, 0.717) is 21.2 Å². The Labute approximate surface area is 247 Å². The molecule has 7 N–H and O–H groups in total. The van der Waals surface area contributed by atoms with E-state index in [2.05, 4.69) is 10.3 Å². The maximum absolute atomic E-state index is 13.0. The van der Waals surface area contributed by atoms with Crippen LogP contribution in [0, 0.1) is 12.3 Å². The van der Waals surface area contributed by atoms with Crippen LogP contribution < -0.4 is 16.8 Å². The maximum Gasteiger partial charge on any atom is 0.390 e. The summed E-state index contributed by atoms with van der Waals surface area (Å²) >= 11 is 6.04. The number of aliphatic imine (C=N–C) groups is 1. The van der Waals surface area contributed by atoms with E-state index in [4.69, 9.17) is 28.5 Å². The molecule has 13 heteroatoms. The third-order valence-corrected chi connectivity index (χ3v) is 6.64. The van der Waals surface area contributed by atoms with Gasteiger partial charge in [-0.05, 0) is 43.5 Å². The van der Waals surface area contributed by atoms with Crippen LogP contribution >= 0.6 is 11.6 Å². The van der Waals surface area contributed by atoms with Gasteiger partial charge in [0.15, 0.2) is 0 Å². The minimum absolute atomic E-state index is 0.0450. The van der Waals surface area contributed by atoms with Crippen molar-refractivity contribution in [2.75, 3.05) is 13.1 Å². The Morgan fingerprint density at radius 3 is 2.38 bits per heavy atom. The first-order chi connectivity index (χ1) is 19.7. The number of amidine groups is 1. The molecule has 1 unspecified atom stereocenters. The van der Waals surface area contributed by atoms with E-state index in [1.807, 2.05) is 20.8 Å². The van der Waals surface area contributed by atoms with E-state index >= 15 is 0 Å². The quantitative estimate of drug-likeness (QED) is 0.212. The fraction of sp³-hybridized carbons (Fsp3) is 0.379. The van der Waals surface area contributed by atoms with Crippen molar-refractivity contribution in [3.8, 4) is 0 Å². The summed E-state index contributed by atoms with van der Waals surface area (Å²) in [5.41, 5.74) is 12.2. The van der Waals surface area contributed by atoms with Crippen molar-refractivity contribution >= 4 is 40.8 Å². The van der Waals surface area contributed by atoms with Gasteiger partial charge in [0, 0.05) is 35.0 Å². The molecule has 2 aromatic rings. The standard InChI is InChI=1S/C27H30ClF3N6O3.C2H6/c1-16-5-7-17(8-6-16)23(33)37(12-11-27(29,30)31)25(39)35-15-21(32)20-9-10-26(40,24(34)38)14-22(20)36-19-4-2-3-18(28)13-19;1-2/h2-8,13,33,40H,9-12,14-15,32H2,1H3,(H2,34,38)(H,35,39);1-2H3/b21-20-,33-23?,36-22?;. The highest BCUT2D eigenvalue weighted by Crippen LogP contribution is 2.33. The number of hydrogen-bond acceptors (Lipinski definition) is 6. The van der Waals surface area contributed by atoms with Crippen LogP contribution in [-0.2, 0) is 4.79 Å². The van der Waals surface area contributed by atoms with Crippen LogP contribution in [0.1, 0.15) is 50.7 Å². The van der Waals surface area contributed by atoms with Crippen molar-refractivity contribution in [3.63, 3.8) is 0 Å². The number of amides is 3. The summed E-state index contributed by atoms with van der Waals surface area (Å²) < 4.78 is 39.0. The van der Waals surface area contributed by atoms with E-state index in [9.17, 15) is 27.9 Å². The number of carbonyl (C=O) groups excluding carboxylic acids is 2. The number of primary amides is 1. The molecule has 0 spiro atoms. The SMILES string of the molecule is CC.Cc1ccc(C(=N)N(CCC(F)(F)F)C(=O)NC/C(N)=C2\CCC(O)(C(N)=O)CC2=Nc2cccc(Cl)c2)cc1. The molecule has 9 nitrogen and oxygen atoms in total. The molecule has 3 amide bonds. The van der Waals surface area contributed by atoms with Crippen LogP contribution in [0.25, 0.3) is 0 Å². The lowest BCUT2D eigenvalue weighted by Gasteiger charge is -2.32. The van der Waals surface area contributed by atoms with E-state index < -0.39 is 42.5 Å². The van der Waals surface area contributed by atoms with Gasteiger partial charge in [-0.15, -0.1) is 0 Å². The van der Waals surface area contributed by atoms with Crippen LogP contribution in [0.4, 0.5) is 23.7 Å². The topological polar surface area (TPSA) is 158 Å². The number of benzene rings is 2. The molecule has 228 valence electrons. The fourth-order valence-corrected chi connectivity index (χ4v) is 4.29. The lowest BCUT2D eigenvalue weighted by molar-refractivity contribution is -0.136. The van der Waals surface area contributed by atoms with Gasteiger partial charge in [0.2, 0.25) is 5.91 Å². The minimum atomic E-state index is -4.54. The van der Waals surface area contributed by atoms with Crippen molar-refractivity contribution in [3.05, 3.63) is 76.0 Å². The molecule has 0 bridgehead atoms. The summed E-state index contributed by atoms with van der Waals surface area (Å²) in [6.07, 6.45) is -6.05. The molecular weight excluding hydrogens is 573 g/mol. The Balaban J connectivity index is 0.00000301. The Hall–Kier alpha value is -3.90. The molecule has 1 fully saturated rings. The molecule has 0 radical (unpaired) electrons. The van der Waals surface area contributed by atoms with Crippen LogP contribution in [0.5, 0.6) is 0 Å². The van der Waals surface area contributed by atoms with E-state index in [1.54, 1.807) is 48.5 Å². The number of aryl methyl sites for hydroxylation is 1. The van der Waals surface area contributed by atoms with E-state index in [-0.39, 0.29) is 42.8 Å². The molecular formula is C29H36ClF3N6O3. The van der Waals surface area contributed by atoms with Crippen molar-refractivity contribution in [1.82, 2.24) is 10.2 Å². The highest BCUT2D eigenvalue weighted by atomic mass is 35.5. The van der Waals surface area contributed by atoms with Gasteiger partial charge in [0.1, 0.15) is 11.4 Å². The number of hydrogen-bond donors (Lipinski definition) is 5. The summed E-state index contributed by atoms with van der Waals surface area (Å²) in [6, 6.07) is 12.0. The molecule has 1 aliphatic rings. The number of carbonyl (C=O) groups is 2. The molecule has 1 saturated carbocycles. The van der Waals surface area contributed by atoms with Gasteiger partial charge >= 0.3 is 12.2 Å². The minimum Gasteiger partial charge on any atom is -0.400 e. The second kappa shape index (κ2) is 14.8. The van der Waals surface area contributed by atoms with Gasteiger partial charge in [0.25, 0.3) is 0 Å². The van der Waals surface area contributed by atoms with E-state index in [0.717, 1.165) is 5.56 Å². The summed E-state index contributed by atoms with van der Waals surface area (Å²) in [7, 11) is 0. The summed E-state index contributed by atoms with van der Waals surface area (Å²) in [5, 5.41) is 22.0. The molecule has 3 rings (SSSR count). The van der Waals surface area contributed by atoms with Crippen LogP contribution in [-0.4, -0.2) is 58.4 Å². The van der Waals surface area contributed by atoms with Crippen molar-refractivity contribution in [2.45, 2.75) is 58.2 Å². The number of allylic oxidation sites excluding steroid dienone is 1.